The van der Waals surface area contributed by atoms with E-state index < -0.39 is 31.1 Å². The average molecular weight is 581 g/mol. The molecule has 3 heterocycles. The molecule has 0 aliphatic heterocycles. The van der Waals surface area contributed by atoms with Crippen molar-refractivity contribution in [2.45, 2.75) is 89.5 Å². The maximum absolute atomic E-state index is 14.0. The lowest BCUT2D eigenvalue weighted by Gasteiger charge is -2.33. The third-order valence-corrected chi connectivity index (χ3v) is 7.68. The van der Waals surface area contributed by atoms with Crippen LogP contribution in [0.2, 0.25) is 0 Å². The van der Waals surface area contributed by atoms with Crippen LogP contribution in [0.3, 0.4) is 0 Å². The summed E-state index contributed by atoms with van der Waals surface area (Å²) in [5.41, 5.74) is 1.49. The smallest absolute Gasteiger partial charge is 0.345 e. The number of rotatable bonds is 12. The SMILES string of the molecule is CCCC(=O)N[C@@H](c1cnn2cc([C@@H](NC(=O)c3conc3COC(F)F)C3CCC(F)(F)CC3)nc2c1)C1CC1. The number of nitrogens with zero attached hydrogens (tertiary/aromatic N) is 4. The molecule has 2 aliphatic rings. The zero-order valence-electron chi connectivity index (χ0n) is 22.5. The Bertz CT molecular complexity index is 1360. The molecule has 2 aliphatic carbocycles. The van der Waals surface area contributed by atoms with Crippen molar-refractivity contribution in [2.75, 3.05) is 0 Å². The summed E-state index contributed by atoms with van der Waals surface area (Å²) in [6.45, 7) is -1.77. The molecule has 10 nitrogen and oxygen atoms in total. The van der Waals surface area contributed by atoms with Crippen LogP contribution in [0, 0.1) is 11.8 Å². The number of nitrogens with one attached hydrogen (secondary N) is 2. The fourth-order valence-electron chi connectivity index (χ4n) is 5.34. The first-order valence-corrected chi connectivity index (χ1v) is 13.8. The van der Waals surface area contributed by atoms with Crippen LogP contribution < -0.4 is 10.6 Å². The summed E-state index contributed by atoms with van der Waals surface area (Å²) in [5.74, 6) is -3.54. The normalized spacial score (nSPS) is 18.9. The van der Waals surface area contributed by atoms with E-state index >= 15 is 0 Å². The van der Waals surface area contributed by atoms with Gasteiger partial charge >= 0.3 is 6.61 Å². The Kier molecular flexibility index (Phi) is 8.57. The summed E-state index contributed by atoms with van der Waals surface area (Å²) >= 11 is 0. The van der Waals surface area contributed by atoms with Gasteiger partial charge in [0.1, 0.15) is 17.5 Å². The largest absolute Gasteiger partial charge is 0.364 e. The Morgan fingerprint density at radius 2 is 1.88 bits per heavy atom. The van der Waals surface area contributed by atoms with Gasteiger partial charge in [0.05, 0.1) is 36.8 Å². The Labute approximate surface area is 233 Å². The van der Waals surface area contributed by atoms with Gasteiger partial charge in [-0.2, -0.15) is 13.9 Å². The molecule has 14 heteroatoms. The van der Waals surface area contributed by atoms with Crippen molar-refractivity contribution in [2.24, 2.45) is 11.8 Å². The Balaban J connectivity index is 1.41. The van der Waals surface area contributed by atoms with Crippen molar-refractivity contribution in [1.82, 2.24) is 30.4 Å². The molecule has 41 heavy (non-hydrogen) atoms. The number of hydrogen-bond donors (Lipinski definition) is 2. The first-order valence-electron chi connectivity index (χ1n) is 13.8. The fraction of sp³-hybridized carbons (Fsp3) is 0.593. The van der Waals surface area contributed by atoms with Crippen molar-refractivity contribution in [3.63, 3.8) is 0 Å². The van der Waals surface area contributed by atoms with Gasteiger partial charge in [0.25, 0.3) is 5.91 Å². The summed E-state index contributed by atoms with van der Waals surface area (Å²) < 4.78 is 63.7. The molecule has 0 bridgehead atoms. The second-order valence-electron chi connectivity index (χ2n) is 10.8. The number of carbonyl (C=O) groups excluding carboxylic acids is 2. The molecule has 222 valence electrons. The van der Waals surface area contributed by atoms with Gasteiger partial charge in [-0.05, 0) is 55.6 Å². The van der Waals surface area contributed by atoms with Crippen molar-refractivity contribution in [3.8, 4) is 0 Å². The highest BCUT2D eigenvalue weighted by Gasteiger charge is 2.40. The summed E-state index contributed by atoms with van der Waals surface area (Å²) in [6.07, 6.45) is 7.10. The fourth-order valence-corrected chi connectivity index (χ4v) is 5.34. The number of ether oxygens (including phenoxy) is 1. The van der Waals surface area contributed by atoms with E-state index in [1.807, 2.05) is 13.0 Å². The molecule has 0 unspecified atom stereocenters. The summed E-state index contributed by atoms with van der Waals surface area (Å²) in [4.78, 5) is 30.3. The first-order chi connectivity index (χ1) is 19.6. The first kappa shape index (κ1) is 29.0. The summed E-state index contributed by atoms with van der Waals surface area (Å²) in [7, 11) is 0. The maximum Gasteiger partial charge on any atom is 0.345 e. The number of alkyl halides is 4. The third-order valence-electron chi connectivity index (χ3n) is 7.68. The standard InChI is InChI=1S/C27H32F4N6O4/c1-2-3-22(38)34-23(15-4-5-15)17-10-21-33-19(12-37(21)32-11-17)24(16-6-8-27(30,31)9-7-16)35-25(39)18-13-41-36-20(18)14-40-26(28)29/h10-13,15-16,23-24,26H,2-9,14H2,1H3,(H,34,38)(H,35,39)/t23-,24+/m1/s1. The molecule has 2 fully saturated rings. The van der Waals surface area contributed by atoms with E-state index in [-0.39, 0.29) is 54.8 Å². The highest BCUT2D eigenvalue weighted by molar-refractivity contribution is 5.95. The van der Waals surface area contributed by atoms with Crippen molar-refractivity contribution in [1.29, 1.82) is 0 Å². The molecule has 2 atom stereocenters. The van der Waals surface area contributed by atoms with Crippen LogP contribution in [0.15, 0.2) is 29.2 Å². The Morgan fingerprint density at radius 3 is 2.56 bits per heavy atom. The molecule has 0 radical (unpaired) electrons. The van der Waals surface area contributed by atoms with E-state index in [0.717, 1.165) is 31.1 Å². The molecule has 0 saturated heterocycles. The lowest BCUT2D eigenvalue weighted by molar-refractivity contribution is -0.138. The van der Waals surface area contributed by atoms with Gasteiger partial charge < -0.3 is 19.9 Å². The van der Waals surface area contributed by atoms with Crippen LogP contribution in [0.1, 0.15) is 97.7 Å². The predicted molar refractivity (Wildman–Crippen MR) is 136 cm³/mol. The van der Waals surface area contributed by atoms with Crippen LogP contribution in [0.5, 0.6) is 0 Å². The second kappa shape index (κ2) is 12.1. The number of halogens is 4. The van der Waals surface area contributed by atoms with Crippen LogP contribution in [-0.2, 0) is 16.1 Å². The number of fused-ring (bicyclic) bond motifs is 1. The maximum atomic E-state index is 14.0. The number of hydrogen-bond acceptors (Lipinski definition) is 7. The van der Waals surface area contributed by atoms with E-state index in [0.29, 0.717) is 23.7 Å². The predicted octanol–water partition coefficient (Wildman–Crippen LogP) is 5.12. The molecule has 3 aromatic rings. The summed E-state index contributed by atoms with van der Waals surface area (Å²) in [5, 5.41) is 14.0. The number of aromatic nitrogens is 4. The molecule has 2 N–H and O–H groups in total. The van der Waals surface area contributed by atoms with Gasteiger partial charge in [-0.1, -0.05) is 12.1 Å². The van der Waals surface area contributed by atoms with E-state index in [1.54, 1.807) is 12.4 Å². The number of imidazole rings is 1. The van der Waals surface area contributed by atoms with Gasteiger partial charge in [0.15, 0.2) is 5.65 Å². The lowest BCUT2D eigenvalue weighted by Crippen LogP contribution is -2.37. The van der Waals surface area contributed by atoms with Crippen LogP contribution in [-0.4, -0.2) is 44.1 Å². The molecular weight excluding hydrogens is 548 g/mol. The molecule has 2 amide bonds. The molecule has 0 spiro atoms. The average Bonchev–Trinajstić information content (AvgIpc) is 3.50. The van der Waals surface area contributed by atoms with E-state index in [9.17, 15) is 27.2 Å². The minimum Gasteiger partial charge on any atom is -0.364 e. The Hall–Kier alpha value is -3.55. The van der Waals surface area contributed by atoms with Gasteiger partial charge in [0.2, 0.25) is 11.8 Å². The second-order valence-corrected chi connectivity index (χ2v) is 10.8. The van der Waals surface area contributed by atoms with Gasteiger partial charge in [0, 0.05) is 19.3 Å². The number of amides is 2. The molecular formula is C27H32F4N6O4. The van der Waals surface area contributed by atoms with Gasteiger partial charge in [-0.15, -0.1) is 0 Å². The van der Waals surface area contributed by atoms with E-state index in [1.165, 1.54) is 4.52 Å². The zero-order chi connectivity index (χ0) is 29.1. The Morgan fingerprint density at radius 1 is 1.15 bits per heavy atom. The monoisotopic (exact) mass is 580 g/mol. The van der Waals surface area contributed by atoms with Crippen molar-refractivity contribution in [3.05, 3.63) is 47.2 Å². The van der Waals surface area contributed by atoms with Gasteiger partial charge in [-0.25, -0.2) is 18.3 Å². The lowest BCUT2D eigenvalue weighted by atomic mass is 9.81. The van der Waals surface area contributed by atoms with Crippen LogP contribution in [0.25, 0.3) is 5.65 Å². The van der Waals surface area contributed by atoms with Crippen molar-refractivity contribution >= 4 is 17.5 Å². The highest BCUT2D eigenvalue weighted by Crippen LogP contribution is 2.43. The molecule has 2 saturated carbocycles. The van der Waals surface area contributed by atoms with Crippen molar-refractivity contribution < 1.29 is 36.4 Å². The molecule has 5 rings (SSSR count). The van der Waals surface area contributed by atoms with Crippen LogP contribution >= 0.6 is 0 Å². The third kappa shape index (κ3) is 7.03. The molecule has 3 aromatic heterocycles. The highest BCUT2D eigenvalue weighted by atomic mass is 19.3. The van der Waals surface area contributed by atoms with E-state index in [2.05, 4.69) is 25.6 Å². The topological polar surface area (TPSA) is 124 Å². The summed E-state index contributed by atoms with van der Waals surface area (Å²) in [6, 6.07) is 0.871. The quantitative estimate of drug-likeness (QED) is 0.285. The van der Waals surface area contributed by atoms with E-state index in [4.69, 9.17) is 9.51 Å². The zero-order valence-corrected chi connectivity index (χ0v) is 22.5. The minimum absolute atomic E-state index is 0.0303. The van der Waals surface area contributed by atoms with Crippen LogP contribution in [0.4, 0.5) is 17.6 Å². The molecule has 0 aromatic carbocycles. The van der Waals surface area contributed by atoms with Gasteiger partial charge in [-0.3, -0.25) is 9.59 Å². The minimum atomic E-state index is -3.06. The number of carbonyl (C=O) groups is 2.